The second kappa shape index (κ2) is 8.51. The number of amides is 1. The highest BCUT2D eigenvalue weighted by Crippen LogP contribution is 2.35. The highest BCUT2D eigenvalue weighted by atomic mass is 32.1. The Morgan fingerprint density at radius 2 is 1.88 bits per heavy atom. The summed E-state index contributed by atoms with van der Waals surface area (Å²) in [6.45, 7) is 0. The molecule has 4 rings (SSSR count). The number of anilines is 1. The molecule has 0 unspecified atom stereocenters. The maximum Gasteiger partial charge on any atom is 0.286 e. The van der Waals surface area contributed by atoms with E-state index >= 15 is 0 Å². The van der Waals surface area contributed by atoms with E-state index in [-0.39, 0.29) is 23.0 Å². The Balaban J connectivity index is 1.68. The van der Waals surface area contributed by atoms with E-state index in [0.717, 1.165) is 17.3 Å². The zero-order valence-electron chi connectivity index (χ0n) is 17.2. The fourth-order valence-corrected chi connectivity index (χ4v) is 3.92. The number of carbonyl (C=O) groups is 1. The lowest BCUT2D eigenvalue weighted by atomic mass is 10.1. The number of methoxy groups -OCH3 is 3. The largest absolute Gasteiger partial charge is 0.497 e. The van der Waals surface area contributed by atoms with Crippen LogP contribution in [0.3, 0.4) is 0 Å². The molecule has 32 heavy (non-hydrogen) atoms. The number of nitro benzene ring substituents is 1. The molecule has 2 aromatic carbocycles. The molecule has 164 valence electrons. The SMILES string of the molecule is COc1cccc(-c2csc3nc(NC(=O)c4cc(OC)c(OC)cc4[N+](=O)[O-])nn23)c1. The van der Waals surface area contributed by atoms with E-state index < -0.39 is 16.5 Å². The number of thiazole rings is 1. The van der Waals surface area contributed by atoms with Crippen LogP contribution in [0, 0.1) is 10.1 Å². The maximum atomic E-state index is 12.8. The van der Waals surface area contributed by atoms with Gasteiger partial charge in [0, 0.05) is 17.0 Å². The van der Waals surface area contributed by atoms with Gasteiger partial charge in [-0.1, -0.05) is 12.1 Å². The van der Waals surface area contributed by atoms with Gasteiger partial charge in [-0.2, -0.15) is 4.98 Å². The predicted molar refractivity (Wildman–Crippen MR) is 117 cm³/mol. The fourth-order valence-electron chi connectivity index (χ4n) is 3.09. The van der Waals surface area contributed by atoms with Crippen LogP contribution in [0.5, 0.6) is 17.2 Å². The van der Waals surface area contributed by atoms with E-state index in [1.807, 2.05) is 29.6 Å². The number of nitrogens with one attached hydrogen (secondary N) is 1. The lowest BCUT2D eigenvalue weighted by Gasteiger charge is -2.10. The molecule has 2 heterocycles. The van der Waals surface area contributed by atoms with E-state index in [9.17, 15) is 14.9 Å². The Kier molecular flexibility index (Phi) is 5.60. The molecule has 1 N–H and O–H groups in total. The summed E-state index contributed by atoms with van der Waals surface area (Å²) in [4.78, 5) is 28.5. The molecule has 0 saturated carbocycles. The number of rotatable bonds is 7. The third kappa shape index (κ3) is 3.78. The second-order valence-corrected chi connectivity index (χ2v) is 7.25. The standard InChI is InChI=1S/C20H17N5O6S/c1-29-12-6-4-5-11(7-12)15-10-32-20-22-19(23-24(15)20)21-18(26)13-8-16(30-2)17(31-3)9-14(13)25(27)28/h4-10H,1-3H3,(H,21,23,26). The zero-order valence-corrected chi connectivity index (χ0v) is 18.0. The highest BCUT2D eigenvalue weighted by molar-refractivity contribution is 7.15. The van der Waals surface area contributed by atoms with Crippen molar-refractivity contribution in [3.63, 3.8) is 0 Å². The molecule has 0 bridgehead atoms. The topological polar surface area (TPSA) is 130 Å². The molecule has 11 nitrogen and oxygen atoms in total. The highest BCUT2D eigenvalue weighted by Gasteiger charge is 2.25. The van der Waals surface area contributed by atoms with E-state index in [2.05, 4.69) is 15.4 Å². The van der Waals surface area contributed by atoms with Crippen molar-refractivity contribution in [3.8, 4) is 28.5 Å². The lowest BCUT2D eigenvalue weighted by Crippen LogP contribution is -2.15. The smallest absolute Gasteiger partial charge is 0.286 e. The Hall–Kier alpha value is -4.19. The average Bonchev–Trinajstić information content (AvgIpc) is 3.38. The van der Waals surface area contributed by atoms with Crippen molar-refractivity contribution in [2.75, 3.05) is 26.6 Å². The van der Waals surface area contributed by atoms with Gasteiger partial charge in [-0.3, -0.25) is 20.2 Å². The van der Waals surface area contributed by atoms with Gasteiger partial charge in [0.1, 0.15) is 11.3 Å². The number of ether oxygens (including phenoxy) is 3. The van der Waals surface area contributed by atoms with E-state index in [1.165, 1.54) is 31.6 Å². The van der Waals surface area contributed by atoms with Crippen LogP contribution in [0.1, 0.15) is 10.4 Å². The second-order valence-electron chi connectivity index (χ2n) is 6.42. The number of nitro groups is 1. The minimum Gasteiger partial charge on any atom is -0.497 e. The van der Waals surface area contributed by atoms with Crippen molar-refractivity contribution >= 4 is 33.8 Å². The van der Waals surface area contributed by atoms with Gasteiger partial charge < -0.3 is 14.2 Å². The average molecular weight is 455 g/mol. The zero-order chi connectivity index (χ0) is 22.8. The Morgan fingerprint density at radius 1 is 1.12 bits per heavy atom. The molecule has 1 amide bonds. The van der Waals surface area contributed by atoms with Gasteiger partial charge in [0.15, 0.2) is 11.5 Å². The summed E-state index contributed by atoms with van der Waals surface area (Å²) >= 11 is 1.34. The van der Waals surface area contributed by atoms with Crippen molar-refractivity contribution < 1.29 is 23.9 Å². The summed E-state index contributed by atoms with van der Waals surface area (Å²) in [7, 11) is 4.30. The lowest BCUT2D eigenvalue weighted by molar-refractivity contribution is -0.385. The molecule has 0 saturated heterocycles. The summed E-state index contributed by atoms with van der Waals surface area (Å²) in [5, 5.41) is 20.2. The van der Waals surface area contributed by atoms with Crippen molar-refractivity contribution in [1.29, 1.82) is 0 Å². The van der Waals surface area contributed by atoms with Gasteiger partial charge in [0.05, 0.1) is 38.0 Å². The van der Waals surface area contributed by atoms with Crippen LogP contribution in [0.2, 0.25) is 0 Å². The van der Waals surface area contributed by atoms with Crippen LogP contribution in [-0.2, 0) is 0 Å². The monoisotopic (exact) mass is 455 g/mol. The summed E-state index contributed by atoms with van der Waals surface area (Å²) in [5.74, 6) is 0.270. The Morgan fingerprint density at radius 3 is 2.56 bits per heavy atom. The van der Waals surface area contributed by atoms with Gasteiger partial charge >= 0.3 is 0 Å². The van der Waals surface area contributed by atoms with E-state index in [0.29, 0.717) is 10.7 Å². The van der Waals surface area contributed by atoms with Gasteiger partial charge in [0.2, 0.25) is 4.96 Å². The number of hydrogen-bond donors (Lipinski definition) is 1. The molecule has 0 atom stereocenters. The van der Waals surface area contributed by atoms with Crippen molar-refractivity contribution in [1.82, 2.24) is 14.6 Å². The molecular formula is C20H17N5O6S. The van der Waals surface area contributed by atoms with Gasteiger partial charge in [-0.15, -0.1) is 16.4 Å². The molecule has 0 radical (unpaired) electrons. The van der Waals surface area contributed by atoms with Crippen LogP contribution < -0.4 is 19.5 Å². The first-order valence-corrected chi connectivity index (χ1v) is 10.0. The van der Waals surface area contributed by atoms with Crippen molar-refractivity contribution in [2.24, 2.45) is 0 Å². The molecule has 12 heteroatoms. The number of benzene rings is 2. The first-order valence-electron chi connectivity index (χ1n) is 9.15. The van der Waals surface area contributed by atoms with Crippen LogP contribution in [0.4, 0.5) is 11.6 Å². The molecule has 2 aromatic heterocycles. The Bertz CT molecular complexity index is 1330. The van der Waals surface area contributed by atoms with E-state index in [4.69, 9.17) is 14.2 Å². The van der Waals surface area contributed by atoms with Gasteiger partial charge in [-0.05, 0) is 12.1 Å². The first-order chi connectivity index (χ1) is 15.4. The summed E-state index contributed by atoms with van der Waals surface area (Å²) < 4.78 is 17.1. The summed E-state index contributed by atoms with van der Waals surface area (Å²) in [5.41, 5.74) is 0.972. The van der Waals surface area contributed by atoms with Gasteiger partial charge in [0.25, 0.3) is 17.5 Å². The molecule has 0 aliphatic rings. The third-order valence-electron chi connectivity index (χ3n) is 4.62. The number of aromatic nitrogens is 3. The fraction of sp³-hybridized carbons (Fsp3) is 0.150. The number of nitrogens with zero attached hydrogens (tertiary/aromatic N) is 4. The van der Waals surface area contributed by atoms with E-state index in [1.54, 1.807) is 11.6 Å². The van der Waals surface area contributed by atoms with Crippen molar-refractivity contribution in [3.05, 3.63) is 57.5 Å². The molecule has 0 fully saturated rings. The molecular weight excluding hydrogens is 438 g/mol. The molecule has 0 aliphatic carbocycles. The molecule has 4 aromatic rings. The maximum absolute atomic E-state index is 12.8. The number of carbonyl (C=O) groups excluding carboxylic acids is 1. The van der Waals surface area contributed by atoms with Crippen LogP contribution in [0.25, 0.3) is 16.2 Å². The van der Waals surface area contributed by atoms with Gasteiger partial charge in [-0.25, -0.2) is 4.52 Å². The van der Waals surface area contributed by atoms with Crippen LogP contribution in [-0.4, -0.2) is 46.8 Å². The van der Waals surface area contributed by atoms with Crippen molar-refractivity contribution in [2.45, 2.75) is 0 Å². The minimum absolute atomic E-state index is 0.00933. The summed E-state index contributed by atoms with van der Waals surface area (Å²) in [6, 6.07) is 9.81. The summed E-state index contributed by atoms with van der Waals surface area (Å²) in [6.07, 6.45) is 0. The Labute approximate surface area is 185 Å². The van der Waals surface area contributed by atoms with Crippen LogP contribution >= 0.6 is 11.3 Å². The first kappa shape index (κ1) is 21.1. The minimum atomic E-state index is -0.751. The quantitative estimate of drug-likeness (QED) is 0.330. The molecule has 0 spiro atoms. The van der Waals surface area contributed by atoms with Crippen LogP contribution in [0.15, 0.2) is 41.8 Å². The predicted octanol–water partition coefficient (Wildman–Crippen LogP) is 3.64. The number of hydrogen-bond acceptors (Lipinski definition) is 9. The normalized spacial score (nSPS) is 10.7. The number of fused-ring (bicyclic) bond motifs is 1. The molecule has 0 aliphatic heterocycles. The third-order valence-corrected chi connectivity index (χ3v) is 5.43.